The van der Waals surface area contributed by atoms with Crippen LogP contribution in [0.5, 0.6) is 0 Å². The molecule has 0 aromatic rings. The predicted molar refractivity (Wildman–Crippen MR) is 37.5 cm³/mol. The van der Waals surface area contributed by atoms with Crippen LogP contribution in [0.1, 0.15) is 0 Å². The third-order valence-corrected chi connectivity index (χ3v) is 0. The van der Waals surface area contributed by atoms with Crippen LogP contribution in [-0.4, -0.2) is 51.2 Å². The van der Waals surface area contributed by atoms with Crippen LogP contribution in [0.2, 0.25) is 0 Å². The first-order valence-electron chi connectivity index (χ1n) is 2.83. The van der Waals surface area contributed by atoms with Crippen LogP contribution in [0.15, 0.2) is 0 Å². The molecule has 16 nitrogen and oxygen atoms in total. The summed E-state index contributed by atoms with van der Waals surface area (Å²) in [5.74, 6) is 0. The fraction of sp³-hybridized carbons (Fsp3) is 0. The fourth-order valence-corrected chi connectivity index (χ4v) is 0. The minimum absolute atomic E-state index is 0. The van der Waals surface area contributed by atoms with E-state index in [4.69, 9.17) is 60.3 Å². The van der Waals surface area contributed by atoms with Crippen LogP contribution >= 0.6 is 0 Å². The summed E-state index contributed by atoms with van der Waals surface area (Å²) in [6, 6.07) is 0. The smallest absolute Gasteiger partial charge is 0.907 e. The van der Waals surface area contributed by atoms with Crippen LogP contribution in [0, 0.1) is 0 Å². The van der Waals surface area contributed by atoms with Gasteiger partial charge in [0.15, 0.2) is 0 Å². The van der Waals surface area contributed by atoms with E-state index in [0.717, 1.165) is 0 Å². The van der Waals surface area contributed by atoms with E-state index in [1.54, 1.807) is 0 Å². The van der Waals surface area contributed by atoms with E-state index in [1.807, 2.05) is 0 Å². The Kier molecular flexibility index (Phi) is 587. The molecule has 0 aromatic heterocycles. The van der Waals surface area contributed by atoms with Crippen molar-refractivity contribution in [1.82, 2.24) is 0 Å². The zero-order valence-corrected chi connectivity index (χ0v) is 45.2. The second-order valence-corrected chi connectivity index (χ2v) is 1.15. The Bertz CT molecular complexity index is 88.0. The summed E-state index contributed by atoms with van der Waals surface area (Å²) < 4.78 is 0. The van der Waals surface area contributed by atoms with Crippen LogP contribution < -0.4 is 415 Å². The molecular formula is H8B4Na12O16. The Labute approximate surface area is 454 Å². The summed E-state index contributed by atoms with van der Waals surface area (Å²) in [5, 5.41) is 101. The van der Waals surface area contributed by atoms with Crippen molar-refractivity contribution in [2.75, 3.05) is 0 Å². The van der Waals surface area contributed by atoms with E-state index >= 15 is 0 Å². The van der Waals surface area contributed by atoms with E-state index in [9.17, 15) is 0 Å². The van der Waals surface area contributed by atoms with Crippen molar-refractivity contribution in [1.29, 1.82) is 0 Å². The Morgan fingerprint density at radius 3 is 0.188 bits per heavy atom. The van der Waals surface area contributed by atoms with Gasteiger partial charge in [-0.05, 0) is 0 Å². The van der Waals surface area contributed by atoms with Gasteiger partial charge in [0.25, 0.3) is 0 Å². The van der Waals surface area contributed by atoms with E-state index in [0.29, 0.717) is 0 Å². The van der Waals surface area contributed by atoms with Crippen molar-refractivity contribution in [3.63, 3.8) is 0 Å². The molecule has 0 saturated heterocycles. The second kappa shape index (κ2) is 132. The van der Waals surface area contributed by atoms with Gasteiger partial charge in [-0.15, -0.1) is 0 Å². The van der Waals surface area contributed by atoms with Crippen molar-refractivity contribution < 1.29 is 437 Å². The third-order valence-electron chi connectivity index (χ3n) is 0. The summed E-state index contributed by atoms with van der Waals surface area (Å²) in [4.78, 5) is 0. The molecule has 0 aromatic carbocycles. The van der Waals surface area contributed by atoms with Gasteiger partial charge in [0, 0.05) is 0 Å². The van der Waals surface area contributed by atoms with Crippen LogP contribution in [-0.2, 0) is 0 Å². The van der Waals surface area contributed by atoms with Gasteiger partial charge in [0.1, 0.15) is 0 Å². The first-order valence-corrected chi connectivity index (χ1v) is 2.83. The molecule has 128 valence electrons. The molecule has 0 heterocycles. The minimum atomic E-state index is -2.92. The van der Waals surface area contributed by atoms with E-state index < -0.39 is 29.3 Å². The monoisotopic (exact) mass is 584 g/mol. The molecule has 0 fully saturated rings. The van der Waals surface area contributed by atoms with E-state index in [-0.39, 0.29) is 377 Å². The van der Waals surface area contributed by atoms with Gasteiger partial charge in [-0.3, -0.25) is 29.3 Å². The number of hydrogen-bond donors (Lipinski definition) is 0. The normalized spacial score (nSPS) is 3.38. The standard InChI is InChI=1S/4BO3.12Na.4H2O/c4*2-1(3)4;;;;;;;;;;;;;;;;/h;;;;;;;;;;;;;;;;4*1H2/q4*-3;12*+1;;;;. The summed E-state index contributed by atoms with van der Waals surface area (Å²) in [7, 11) is -11.7. The summed E-state index contributed by atoms with van der Waals surface area (Å²) in [6.45, 7) is 0. The first-order chi connectivity index (χ1) is 6.93. The molecule has 0 spiro atoms. The van der Waals surface area contributed by atoms with Gasteiger partial charge < -0.3 is 82.2 Å². The summed E-state index contributed by atoms with van der Waals surface area (Å²) >= 11 is 0. The third kappa shape index (κ3) is 509. The van der Waals surface area contributed by atoms with E-state index in [2.05, 4.69) is 0 Å². The van der Waals surface area contributed by atoms with Crippen molar-refractivity contribution >= 4 is 29.3 Å². The van der Waals surface area contributed by atoms with Crippen molar-refractivity contribution in [2.45, 2.75) is 0 Å². The topological polar surface area (TPSA) is 403 Å². The molecule has 32 heteroatoms. The zero-order chi connectivity index (χ0) is 14.3. The molecule has 0 bridgehead atoms. The Balaban J connectivity index is -0.00000000286. The first kappa shape index (κ1) is 142. The Morgan fingerprint density at radius 1 is 0.188 bits per heavy atom. The molecule has 32 heavy (non-hydrogen) atoms. The molecule has 0 aliphatic heterocycles. The Hall–Kier alpha value is 11.6. The molecule has 0 radical (unpaired) electrons. The summed E-state index contributed by atoms with van der Waals surface area (Å²) in [6.07, 6.45) is 0. The largest absolute Gasteiger partial charge is 1.00 e. The quantitative estimate of drug-likeness (QED) is 0.240. The molecule has 0 aliphatic rings. The molecule has 0 amide bonds. The molecule has 0 saturated carbocycles. The molecular weight excluding hydrogens is 575 g/mol. The maximum Gasteiger partial charge on any atom is 1.00 e. The van der Waals surface area contributed by atoms with Crippen molar-refractivity contribution in [2.24, 2.45) is 0 Å². The van der Waals surface area contributed by atoms with Crippen molar-refractivity contribution in [3.05, 3.63) is 0 Å². The molecule has 8 N–H and O–H groups in total. The molecule has 0 aliphatic carbocycles. The summed E-state index contributed by atoms with van der Waals surface area (Å²) in [5.41, 5.74) is 0. The minimum Gasteiger partial charge on any atom is -0.907 e. The number of hydrogen-bond acceptors (Lipinski definition) is 12. The zero-order valence-electron chi connectivity index (χ0n) is 21.2. The van der Waals surface area contributed by atoms with Crippen LogP contribution in [0.25, 0.3) is 0 Å². The Morgan fingerprint density at radius 2 is 0.188 bits per heavy atom. The molecule has 0 atom stereocenters. The SMILES string of the molecule is O.O.O.O.[Na+].[Na+].[Na+].[Na+].[Na+].[Na+].[Na+].[Na+].[Na+].[Na+].[Na+].[Na+].[O-]B([O-])[O-].[O-]B([O-])[O-].[O-]B([O-])[O-].[O-]B([O-])[O-]. The van der Waals surface area contributed by atoms with Gasteiger partial charge in [-0.2, -0.15) is 0 Å². The maximum atomic E-state index is 8.42. The maximum absolute atomic E-state index is 8.42. The average molecular weight is 583 g/mol. The predicted octanol–water partition coefficient (Wildman–Crippen LogP) is -55.0. The van der Waals surface area contributed by atoms with Crippen molar-refractivity contribution in [3.8, 4) is 0 Å². The van der Waals surface area contributed by atoms with Crippen LogP contribution in [0.4, 0.5) is 0 Å². The fourth-order valence-electron chi connectivity index (χ4n) is 0. The van der Waals surface area contributed by atoms with Gasteiger partial charge in [0.05, 0.1) is 0 Å². The van der Waals surface area contributed by atoms with E-state index in [1.165, 1.54) is 0 Å². The van der Waals surface area contributed by atoms with Gasteiger partial charge in [0.2, 0.25) is 0 Å². The van der Waals surface area contributed by atoms with Gasteiger partial charge >= 0.3 is 355 Å². The van der Waals surface area contributed by atoms with Gasteiger partial charge in [-0.25, -0.2) is 0 Å². The number of rotatable bonds is 0. The molecule has 0 rings (SSSR count). The van der Waals surface area contributed by atoms with Crippen LogP contribution in [0.3, 0.4) is 0 Å². The molecule has 0 unspecified atom stereocenters. The van der Waals surface area contributed by atoms with Gasteiger partial charge in [-0.1, -0.05) is 0 Å². The average Bonchev–Trinajstić information content (AvgIpc) is 1.76. The second-order valence-electron chi connectivity index (χ2n) is 1.15.